The first-order valence-electron chi connectivity index (χ1n) is 5.35. The molecule has 0 aliphatic carbocycles. The minimum atomic E-state index is -2.51. The monoisotopic (exact) mass is 242 g/mol. The lowest BCUT2D eigenvalue weighted by Crippen LogP contribution is -2.25. The molecule has 0 heterocycles. The Labute approximate surface area is 99.3 Å². The van der Waals surface area contributed by atoms with Crippen LogP contribution in [0.15, 0.2) is 24.3 Å². The average Bonchev–Trinajstić information content (AvgIpc) is 2.15. The van der Waals surface area contributed by atoms with Crippen LogP contribution in [0.3, 0.4) is 0 Å². The maximum Gasteiger partial charge on any atom is 0.335 e. The van der Waals surface area contributed by atoms with E-state index in [-0.39, 0.29) is 5.56 Å². The summed E-state index contributed by atoms with van der Waals surface area (Å²) in [5, 5.41) is 8.84. The van der Waals surface area contributed by atoms with Gasteiger partial charge >= 0.3 is 5.97 Å². The summed E-state index contributed by atoms with van der Waals surface area (Å²) in [7, 11) is 0. The van der Waals surface area contributed by atoms with Crippen LogP contribution in [0.2, 0.25) is 0 Å². The minimum absolute atomic E-state index is 0.0393. The molecule has 1 rings (SSSR count). The van der Waals surface area contributed by atoms with E-state index in [9.17, 15) is 13.6 Å². The highest BCUT2D eigenvalue weighted by molar-refractivity contribution is 5.87. The van der Waals surface area contributed by atoms with Crippen LogP contribution in [0.4, 0.5) is 8.78 Å². The molecule has 0 amide bonds. The molecule has 0 fully saturated rings. The van der Waals surface area contributed by atoms with Crippen LogP contribution < -0.4 is 0 Å². The van der Waals surface area contributed by atoms with Crippen LogP contribution in [0, 0.1) is 5.41 Å². The number of rotatable bonds is 3. The Morgan fingerprint density at radius 1 is 1.29 bits per heavy atom. The van der Waals surface area contributed by atoms with Gasteiger partial charge in [-0.1, -0.05) is 32.9 Å². The van der Waals surface area contributed by atoms with Crippen molar-refractivity contribution in [1.82, 2.24) is 0 Å². The van der Waals surface area contributed by atoms with Crippen molar-refractivity contribution in [2.24, 2.45) is 5.41 Å². The highest BCUT2D eigenvalue weighted by Crippen LogP contribution is 2.39. The second-order valence-electron chi connectivity index (χ2n) is 5.11. The first kappa shape index (κ1) is 13.6. The third kappa shape index (κ3) is 3.25. The Kier molecular flexibility index (Phi) is 3.86. The van der Waals surface area contributed by atoms with Crippen molar-refractivity contribution in [2.45, 2.75) is 33.1 Å². The minimum Gasteiger partial charge on any atom is -0.478 e. The van der Waals surface area contributed by atoms with E-state index in [0.717, 1.165) is 0 Å². The van der Waals surface area contributed by atoms with Gasteiger partial charge in [-0.2, -0.15) is 0 Å². The van der Waals surface area contributed by atoms with Gasteiger partial charge in [-0.15, -0.1) is 0 Å². The number of alkyl halides is 2. The third-order valence-corrected chi connectivity index (χ3v) is 2.68. The molecule has 2 nitrogen and oxygen atoms in total. The number of hydrogen-bond acceptors (Lipinski definition) is 1. The predicted molar refractivity (Wildman–Crippen MR) is 61.6 cm³/mol. The van der Waals surface area contributed by atoms with Crippen molar-refractivity contribution < 1.29 is 18.7 Å². The molecule has 1 aromatic rings. The summed E-state index contributed by atoms with van der Waals surface area (Å²) in [5.41, 5.74) is -0.213. The van der Waals surface area contributed by atoms with Crippen molar-refractivity contribution >= 4 is 5.97 Å². The van der Waals surface area contributed by atoms with Crippen molar-refractivity contribution in [3.63, 3.8) is 0 Å². The zero-order valence-corrected chi connectivity index (χ0v) is 10.1. The molecule has 0 aromatic heterocycles. The van der Waals surface area contributed by atoms with Crippen molar-refractivity contribution in [3.8, 4) is 0 Å². The molecule has 1 unspecified atom stereocenters. The van der Waals surface area contributed by atoms with E-state index in [0.29, 0.717) is 5.56 Å². The lowest BCUT2D eigenvalue weighted by Gasteiger charge is -2.30. The van der Waals surface area contributed by atoms with Gasteiger partial charge in [-0.05, 0) is 23.1 Å². The summed E-state index contributed by atoms with van der Waals surface area (Å²) in [6.45, 7) is 5.16. The van der Waals surface area contributed by atoms with E-state index < -0.39 is 23.7 Å². The Balaban J connectivity index is 3.20. The van der Waals surface area contributed by atoms with E-state index in [1.807, 2.05) is 0 Å². The smallest absolute Gasteiger partial charge is 0.335 e. The Morgan fingerprint density at radius 2 is 1.88 bits per heavy atom. The molecule has 0 bridgehead atoms. The number of aromatic carboxylic acids is 1. The molecule has 0 radical (unpaired) electrons. The Morgan fingerprint density at radius 3 is 2.29 bits per heavy atom. The summed E-state index contributed by atoms with van der Waals surface area (Å²) in [5.74, 6) is -2.07. The lowest BCUT2D eigenvalue weighted by atomic mass is 9.76. The standard InChI is InChI=1S/C13H16F2O2/c1-13(2,3)10(11(14)15)8-5-4-6-9(7-8)12(16)17/h4-7,10-11H,1-3H3,(H,16,17). The molecule has 0 spiro atoms. The summed E-state index contributed by atoms with van der Waals surface area (Å²) in [6.07, 6.45) is -2.51. The van der Waals surface area contributed by atoms with Crippen LogP contribution >= 0.6 is 0 Å². The quantitative estimate of drug-likeness (QED) is 0.875. The van der Waals surface area contributed by atoms with E-state index >= 15 is 0 Å². The van der Waals surface area contributed by atoms with E-state index in [4.69, 9.17) is 5.11 Å². The predicted octanol–water partition coefficient (Wildman–Crippen LogP) is 3.78. The molecule has 1 aromatic carbocycles. The molecular formula is C13H16F2O2. The third-order valence-electron chi connectivity index (χ3n) is 2.68. The molecule has 0 aliphatic rings. The van der Waals surface area contributed by atoms with Gasteiger partial charge in [0.05, 0.1) is 5.56 Å². The second kappa shape index (κ2) is 4.82. The van der Waals surface area contributed by atoms with Crippen molar-refractivity contribution in [1.29, 1.82) is 0 Å². The van der Waals surface area contributed by atoms with Crippen LogP contribution in [0.25, 0.3) is 0 Å². The maximum atomic E-state index is 13.1. The van der Waals surface area contributed by atoms with E-state index in [2.05, 4.69) is 0 Å². The molecule has 0 saturated carbocycles. The number of hydrogen-bond donors (Lipinski definition) is 1. The largest absolute Gasteiger partial charge is 0.478 e. The topological polar surface area (TPSA) is 37.3 Å². The highest BCUT2D eigenvalue weighted by atomic mass is 19.3. The van der Waals surface area contributed by atoms with Gasteiger partial charge in [-0.3, -0.25) is 0 Å². The first-order valence-corrected chi connectivity index (χ1v) is 5.35. The highest BCUT2D eigenvalue weighted by Gasteiger charge is 2.34. The molecule has 1 atom stereocenters. The van der Waals surface area contributed by atoms with Crippen molar-refractivity contribution in [3.05, 3.63) is 35.4 Å². The molecule has 17 heavy (non-hydrogen) atoms. The molecule has 4 heteroatoms. The number of halogens is 2. The average molecular weight is 242 g/mol. The SMILES string of the molecule is CC(C)(C)C(c1cccc(C(=O)O)c1)C(F)F. The second-order valence-corrected chi connectivity index (χ2v) is 5.11. The molecule has 1 N–H and O–H groups in total. The molecule has 94 valence electrons. The van der Waals surface area contributed by atoms with E-state index in [1.165, 1.54) is 18.2 Å². The maximum absolute atomic E-state index is 13.1. The number of carboxylic acid groups (broad SMARTS) is 1. The van der Waals surface area contributed by atoms with E-state index in [1.54, 1.807) is 26.8 Å². The molecule has 0 saturated heterocycles. The summed E-state index contributed by atoms with van der Waals surface area (Å²) in [4.78, 5) is 10.8. The fourth-order valence-electron chi connectivity index (χ4n) is 1.89. The van der Waals surface area contributed by atoms with Gasteiger partial charge in [0, 0.05) is 5.92 Å². The van der Waals surface area contributed by atoms with Gasteiger partial charge in [0.2, 0.25) is 6.43 Å². The van der Waals surface area contributed by atoms with Crippen LogP contribution in [-0.2, 0) is 0 Å². The van der Waals surface area contributed by atoms with Gasteiger partial charge in [0.1, 0.15) is 0 Å². The zero-order valence-electron chi connectivity index (χ0n) is 10.1. The number of carboxylic acids is 1. The summed E-state index contributed by atoms with van der Waals surface area (Å²) >= 11 is 0. The van der Waals surface area contributed by atoms with Crippen molar-refractivity contribution in [2.75, 3.05) is 0 Å². The lowest BCUT2D eigenvalue weighted by molar-refractivity contribution is 0.0615. The molecular weight excluding hydrogens is 226 g/mol. The van der Waals surface area contributed by atoms with Gasteiger partial charge < -0.3 is 5.11 Å². The fraction of sp³-hybridized carbons (Fsp3) is 0.462. The van der Waals surface area contributed by atoms with Crippen LogP contribution in [0.1, 0.15) is 42.6 Å². The van der Waals surface area contributed by atoms with Gasteiger partial charge in [-0.25, -0.2) is 13.6 Å². The number of carbonyl (C=O) groups is 1. The Bertz CT molecular complexity index is 408. The normalized spacial score (nSPS) is 13.8. The summed E-state index contributed by atoms with van der Waals surface area (Å²) in [6, 6.07) is 5.77. The van der Waals surface area contributed by atoms with Crippen LogP contribution in [0.5, 0.6) is 0 Å². The summed E-state index contributed by atoms with van der Waals surface area (Å²) < 4.78 is 26.1. The Hall–Kier alpha value is -1.45. The van der Waals surface area contributed by atoms with Gasteiger partial charge in [0.25, 0.3) is 0 Å². The van der Waals surface area contributed by atoms with Crippen LogP contribution in [-0.4, -0.2) is 17.5 Å². The fourth-order valence-corrected chi connectivity index (χ4v) is 1.89. The first-order chi connectivity index (χ1) is 7.73. The van der Waals surface area contributed by atoms with Gasteiger partial charge in [0.15, 0.2) is 0 Å². The molecule has 0 aliphatic heterocycles. The zero-order chi connectivity index (χ0) is 13.2. The number of benzene rings is 1.